The number of hydrogen-bond acceptors (Lipinski definition) is 8. The van der Waals surface area contributed by atoms with Gasteiger partial charge >= 0.3 is 0 Å². The number of carbonyl (C=O) groups is 1. The summed E-state index contributed by atoms with van der Waals surface area (Å²) < 4.78 is 0.924. The van der Waals surface area contributed by atoms with E-state index in [9.17, 15) is 15.0 Å². The van der Waals surface area contributed by atoms with E-state index in [4.69, 9.17) is 9.97 Å². The number of aliphatic hydroxyl groups is 2. The topological polar surface area (TPSA) is 111 Å². The molecule has 0 bridgehead atoms. The number of likely N-dealkylation sites (tertiary alicyclic amines) is 1. The molecule has 3 aromatic heterocycles. The Kier molecular flexibility index (Phi) is 8.14. The number of anilines is 2. The van der Waals surface area contributed by atoms with Crippen LogP contribution in [0.3, 0.4) is 0 Å². The summed E-state index contributed by atoms with van der Waals surface area (Å²) in [5, 5.41) is 24.1. The molecule has 1 saturated heterocycles. The summed E-state index contributed by atoms with van der Waals surface area (Å²) >= 11 is 4.01. The lowest BCUT2D eigenvalue weighted by atomic mass is 9.81. The van der Waals surface area contributed by atoms with Crippen molar-refractivity contribution in [3.8, 4) is 10.6 Å². The van der Waals surface area contributed by atoms with Crippen LogP contribution >= 0.6 is 33.9 Å². The first-order valence-corrected chi connectivity index (χ1v) is 14.7. The van der Waals surface area contributed by atoms with Gasteiger partial charge in [0.25, 0.3) is 0 Å². The molecular weight excluding hydrogens is 589 g/mol. The molecule has 190 valence electrons. The average molecular weight is 620 g/mol. The Hall–Kier alpha value is -2.15. The summed E-state index contributed by atoms with van der Waals surface area (Å²) in [6.45, 7) is 0.754. The number of pyridine rings is 2. The molecule has 0 aromatic carbocycles. The predicted octanol–water partition coefficient (Wildman–Crippen LogP) is 4.51. The van der Waals surface area contributed by atoms with Gasteiger partial charge in [-0.15, -0.1) is 11.3 Å². The van der Waals surface area contributed by atoms with E-state index >= 15 is 0 Å². The van der Waals surface area contributed by atoms with Gasteiger partial charge in [0.2, 0.25) is 5.91 Å². The van der Waals surface area contributed by atoms with Crippen molar-refractivity contribution in [2.75, 3.05) is 18.4 Å². The molecule has 3 aromatic rings. The molecule has 3 N–H and O–H groups in total. The van der Waals surface area contributed by atoms with Gasteiger partial charge in [-0.1, -0.05) is 28.7 Å². The van der Waals surface area contributed by atoms with Crippen LogP contribution in [0.15, 0.2) is 42.7 Å². The lowest BCUT2D eigenvalue weighted by Crippen LogP contribution is -2.50. The molecule has 2 atom stereocenters. The molecular formula is C26H30IN5O3S. The number of thiazole rings is 1. The third-order valence-corrected chi connectivity index (χ3v) is 9.11. The van der Waals surface area contributed by atoms with Crippen LogP contribution in [0, 0.1) is 5.92 Å². The fourth-order valence-corrected chi connectivity index (χ4v) is 6.49. The number of piperidine rings is 1. The normalized spacial score (nSPS) is 24.5. The fraction of sp³-hybridized carbons (Fsp3) is 0.462. The first-order chi connectivity index (χ1) is 17.5. The second-order valence-corrected chi connectivity index (χ2v) is 11.4. The SMILES string of the molecule is O=C(C1CCC(c2ncc(-c3cccc(Nc4cc(CI)ccn4)n3)s2)CC1)N1CC[C@H](O)[C@@H](O)C1. The minimum absolute atomic E-state index is 0.00754. The number of hydrogen-bond donors (Lipinski definition) is 3. The quantitative estimate of drug-likeness (QED) is 0.275. The third kappa shape index (κ3) is 5.87. The number of amides is 1. The Morgan fingerprint density at radius 1 is 1.08 bits per heavy atom. The Bertz CT molecular complexity index is 1200. The number of rotatable bonds is 6. The first-order valence-electron chi connectivity index (χ1n) is 12.4. The van der Waals surface area contributed by atoms with Gasteiger partial charge in [0.15, 0.2) is 0 Å². The highest BCUT2D eigenvalue weighted by Gasteiger charge is 2.35. The van der Waals surface area contributed by atoms with Crippen LogP contribution in [0.4, 0.5) is 11.6 Å². The summed E-state index contributed by atoms with van der Waals surface area (Å²) in [6, 6.07) is 9.96. The lowest BCUT2D eigenvalue weighted by molar-refractivity contribution is -0.143. The first kappa shape index (κ1) is 25.5. The molecule has 1 aliphatic carbocycles. The highest BCUT2D eigenvalue weighted by atomic mass is 127. The van der Waals surface area contributed by atoms with Crippen molar-refractivity contribution < 1.29 is 15.0 Å². The van der Waals surface area contributed by atoms with Crippen LogP contribution in [0.25, 0.3) is 10.6 Å². The number of alkyl halides is 1. The van der Waals surface area contributed by atoms with Crippen LogP contribution in [0.5, 0.6) is 0 Å². The minimum Gasteiger partial charge on any atom is -0.390 e. The lowest BCUT2D eigenvalue weighted by Gasteiger charge is -2.37. The second kappa shape index (κ2) is 11.5. The second-order valence-electron chi connectivity index (χ2n) is 9.53. The molecule has 0 spiro atoms. The number of nitrogens with one attached hydrogen (secondary N) is 1. The summed E-state index contributed by atoms with van der Waals surface area (Å²) in [5.74, 6) is 1.98. The third-order valence-electron chi connectivity index (χ3n) is 7.04. The molecule has 10 heteroatoms. The van der Waals surface area contributed by atoms with E-state index in [0.29, 0.717) is 18.9 Å². The van der Waals surface area contributed by atoms with Gasteiger partial charge in [-0.25, -0.2) is 15.0 Å². The van der Waals surface area contributed by atoms with Crippen LogP contribution in [0.1, 0.15) is 48.6 Å². The number of carbonyl (C=O) groups excluding carboxylic acids is 1. The average Bonchev–Trinajstić information content (AvgIpc) is 3.41. The minimum atomic E-state index is -0.840. The Labute approximate surface area is 228 Å². The van der Waals surface area contributed by atoms with Gasteiger partial charge in [-0.05, 0) is 61.9 Å². The Morgan fingerprint density at radius 3 is 2.69 bits per heavy atom. The fourth-order valence-electron chi connectivity index (χ4n) is 4.96. The number of aromatic nitrogens is 3. The molecule has 0 unspecified atom stereocenters. The maximum Gasteiger partial charge on any atom is 0.225 e. The van der Waals surface area contributed by atoms with Gasteiger partial charge in [0.05, 0.1) is 27.8 Å². The molecule has 4 heterocycles. The molecule has 5 rings (SSSR count). The highest BCUT2D eigenvalue weighted by molar-refractivity contribution is 14.1. The Morgan fingerprint density at radius 2 is 1.92 bits per heavy atom. The molecule has 1 saturated carbocycles. The van der Waals surface area contributed by atoms with E-state index in [0.717, 1.165) is 57.3 Å². The number of β-amino-alcohol motifs (C(OH)–C–C–N with tert-alkyl or cyclic N) is 1. The van der Waals surface area contributed by atoms with Crippen molar-refractivity contribution in [3.63, 3.8) is 0 Å². The van der Waals surface area contributed by atoms with Gasteiger partial charge in [-0.2, -0.15) is 0 Å². The number of halogens is 1. The molecule has 2 aliphatic rings. The van der Waals surface area contributed by atoms with Gasteiger partial charge < -0.3 is 20.4 Å². The molecule has 36 heavy (non-hydrogen) atoms. The van der Waals surface area contributed by atoms with Crippen molar-refractivity contribution >= 4 is 51.5 Å². The summed E-state index contributed by atoms with van der Waals surface area (Å²) in [6.07, 6.45) is 6.09. The monoisotopic (exact) mass is 619 g/mol. The zero-order valence-corrected chi connectivity index (χ0v) is 22.9. The van der Waals surface area contributed by atoms with E-state index in [2.05, 4.69) is 32.9 Å². The molecule has 2 fully saturated rings. The maximum atomic E-state index is 12.9. The zero-order valence-electron chi connectivity index (χ0n) is 19.9. The Balaban J connectivity index is 1.19. The number of aliphatic hydroxyl groups excluding tert-OH is 2. The van der Waals surface area contributed by atoms with Gasteiger partial charge in [-0.3, -0.25) is 4.79 Å². The molecule has 0 radical (unpaired) electrons. The largest absolute Gasteiger partial charge is 0.390 e. The van der Waals surface area contributed by atoms with Crippen LogP contribution in [-0.2, 0) is 9.22 Å². The molecule has 1 amide bonds. The maximum absolute atomic E-state index is 12.9. The van der Waals surface area contributed by atoms with E-state index in [-0.39, 0.29) is 18.4 Å². The van der Waals surface area contributed by atoms with E-state index < -0.39 is 12.2 Å². The summed E-state index contributed by atoms with van der Waals surface area (Å²) in [7, 11) is 0. The standard InChI is InChI=1S/C26H30IN5O3S/c27-13-16-8-10-28-24(12-16)31-23-3-1-2-19(30-23)22-14-29-25(36-22)17-4-6-18(7-5-17)26(35)32-11-9-20(33)21(34)15-32/h1-3,8,10,12,14,17-18,20-21,33-34H,4-7,9,11,13,15H2,(H,28,30,31)/t17?,18?,20-,21-/m0/s1. The molecule has 8 nitrogen and oxygen atoms in total. The summed E-state index contributed by atoms with van der Waals surface area (Å²) in [5.41, 5.74) is 2.09. The number of nitrogens with zero attached hydrogens (tertiary/aromatic N) is 4. The predicted molar refractivity (Wildman–Crippen MR) is 148 cm³/mol. The van der Waals surface area contributed by atoms with Crippen molar-refractivity contribution in [1.29, 1.82) is 0 Å². The van der Waals surface area contributed by atoms with Crippen molar-refractivity contribution in [2.24, 2.45) is 5.92 Å². The molecule has 1 aliphatic heterocycles. The van der Waals surface area contributed by atoms with Crippen molar-refractivity contribution in [1.82, 2.24) is 19.9 Å². The van der Waals surface area contributed by atoms with Crippen LogP contribution in [-0.4, -0.2) is 61.3 Å². The van der Waals surface area contributed by atoms with Crippen molar-refractivity contribution in [3.05, 3.63) is 53.3 Å². The van der Waals surface area contributed by atoms with Gasteiger partial charge in [0, 0.05) is 41.7 Å². The van der Waals surface area contributed by atoms with E-state index in [1.54, 1.807) is 22.4 Å². The highest BCUT2D eigenvalue weighted by Crippen LogP contribution is 2.40. The summed E-state index contributed by atoms with van der Waals surface area (Å²) in [4.78, 5) is 29.6. The van der Waals surface area contributed by atoms with E-state index in [1.807, 2.05) is 36.5 Å². The van der Waals surface area contributed by atoms with Crippen LogP contribution < -0.4 is 5.32 Å². The van der Waals surface area contributed by atoms with E-state index in [1.165, 1.54) is 5.56 Å². The van der Waals surface area contributed by atoms with Crippen molar-refractivity contribution in [2.45, 2.75) is 54.7 Å². The van der Waals surface area contributed by atoms with Gasteiger partial charge in [0.1, 0.15) is 11.6 Å². The zero-order chi connectivity index (χ0) is 25.1. The van der Waals surface area contributed by atoms with Crippen LogP contribution in [0.2, 0.25) is 0 Å². The smallest absolute Gasteiger partial charge is 0.225 e.